The predicted molar refractivity (Wildman–Crippen MR) is 84.7 cm³/mol. The van der Waals surface area contributed by atoms with Crippen LogP contribution in [0.2, 0.25) is 0 Å². The summed E-state index contributed by atoms with van der Waals surface area (Å²) in [5.41, 5.74) is 2.16. The third kappa shape index (κ3) is 2.33. The van der Waals surface area contributed by atoms with Crippen LogP contribution < -0.4 is 0 Å². The summed E-state index contributed by atoms with van der Waals surface area (Å²) < 4.78 is 0. The minimum atomic E-state index is -0.192. The van der Waals surface area contributed by atoms with Crippen LogP contribution >= 0.6 is 0 Å². The fourth-order valence-electron chi connectivity index (χ4n) is 3.50. The van der Waals surface area contributed by atoms with Gasteiger partial charge in [-0.15, -0.1) is 0 Å². The smallest absolute Gasteiger partial charge is 0.262 e. The zero-order valence-electron chi connectivity index (χ0n) is 12.7. The third-order valence-corrected chi connectivity index (χ3v) is 4.63. The van der Waals surface area contributed by atoms with Crippen LogP contribution in [0, 0.1) is 0 Å². The molecule has 23 heavy (non-hydrogen) atoms. The van der Waals surface area contributed by atoms with Gasteiger partial charge < -0.3 is 0 Å². The lowest BCUT2D eigenvalue weighted by Gasteiger charge is -2.28. The Balaban J connectivity index is 1.57. The maximum absolute atomic E-state index is 12.5. The molecule has 0 N–H and O–H groups in total. The number of imide groups is 1. The van der Waals surface area contributed by atoms with Crippen LogP contribution in [0.1, 0.15) is 45.2 Å². The molecular weight excluding hydrogens is 290 g/mol. The molecule has 0 spiro atoms. The van der Waals surface area contributed by atoms with Gasteiger partial charge in [-0.2, -0.15) is 0 Å². The van der Waals surface area contributed by atoms with Gasteiger partial charge in [0, 0.05) is 25.0 Å². The Kier molecular flexibility index (Phi) is 3.42. The number of carbonyl (C=O) groups excluding carboxylic acids is 2. The molecule has 1 aromatic carbocycles. The normalized spacial score (nSPS) is 21.0. The van der Waals surface area contributed by atoms with Crippen LogP contribution in [0.25, 0.3) is 0 Å². The van der Waals surface area contributed by atoms with Gasteiger partial charge >= 0.3 is 0 Å². The van der Waals surface area contributed by atoms with Gasteiger partial charge in [0.25, 0.3) is 11.8 Å². The van der Waals surface area contributed by atoms with Crippen molar-refractivity contribution < 1.29 is 9.59 Å². The van der Waals surface area contributed by atoms with E-state index >= 15 is 0 Å². The van der Waals surface area contributed by atoms with Gasteiger partial charge in [-0.05, 0) is 36.6 Å². The van der Waals surface area contributed by atoms with E-state index in [-0.39, 0.29) is 17.9 Å². The molecule has 2 aromatic rings. The molecule has 5 heteroatoms. The van der Waals surface area contributed by atoms with E-state index in [2.05, 4.69) is 16.0 Å². The van der Waals surface area contributed by atoms with Gasteiger partial charge in [0.05, 0.1) is 17.8 Å². The average molecular weight is 307 g/mol. The van der Waals surface area contributed by atoms with Gasteiger partial charge in [0.1, 0.15) is 0 Å². The molecule has 1 atom stereocenters. The Morgan fingerprint density at radius 2 is 1.78 bits per heavy atom. The second kappa shape index (κ2) is 5.59. The molecule has 5 nitrogen and oxygen atoms in total. The summed E-state index contributed by atoms with van der Waals surface area (Å²) in [6.45, 7) is 1.22. The van der Waals surface area contributed by atoms with Crippen molar-refractivity contribution in [3.8, 4) is 0 Å². The number of pyridine rings is 1. The maximum Gasteiger partial charge on any atom is 0.262 e. The van der Waals surface area contributed by atoms with Gasteiger partial charge in [-0.3, -0.25) is 24.4 Å². The second-order valence-corrected chi connectivity index (χ2v) is 5.98. The van der Waals surface area contributed by atoms with E-state index in [0.29, 0.717) is 17.8 Å². The third-order valence-electron chi connectivity index (χ3n) is 4.63. The summed E-state index contributed by atoms with van der Waals surface area (Å²) in [6, 6.07) is 11.2. The van der Waals surface area contributed by atoms with E-state index in [1.807, 2.05) is 12.3 Å². The van der Waals surface area contributed by atoms with Crippen LogP contribution in [0.4, 0.5) is 0 Å². The van der Waals surface area contributed by atoms with Crippen molar-refractivity contribution in [3.05, 3.63) is 65.5 Å². The van der Waals surface area contributed by atoms with Crippen molar-refractivity contribution in [2.24, 2.45) is 0 Å². The number of nitrogens with zero attached hydrogens (tertiary/aromatic N) is 3. The highest BCUT2D eigenvalue weighted by Gasteiger charge is 2.38. The number of amides is 2. The van der Waals surface area contributed by atoms with Crippen LogP contribution in [-0.4, -0.2) is 39.8 Å². The van der Waals surface area contributed by atoms with Crippen molar-refractivity contribution in [1.82, 2.24) is 14.8 Å². The zero-order valence-corrected chi connectivity index (χ0v) is 12.7. The van der Waals surface area contributed by atoms with Crippen LogP contribution in [0.3, 0.4) is 0 Å². The highest BCUT2D eigenvalue weighted by atomic mass is 16.2. The summed E-state index contributed by atoms with van der Waals surface area (Å²) in [4.78, 5) is 32.7. The van der Waals surface area contributed by atoms with E-state index < -0.39 is 0 Å². The van der Waals surface area contributed by atoms with Gasteiger partial charge in [-0.1, -0.05) is 18.2 Å². The summed E-state index contributed by atoms with van der Waals surface area (Å²) in [7, 11) is 0. The molecule has 1 fully saturated rings. The van der Waals surface area contributed by atoms with E-state index in [9.17, 15) is 9.59 Å². The molecule has 4 rings (SSSR count). The second-order valence-electron chi connectivity index (χ2n) is 5.98. The fraction of sp³-hybridized carbons (Fsp3) is 0.278. The van der Waals surface area contributed by atoms with Crippen molar-refractivity contribution in [1.29, 1.82) is 0 Å². The standard InChI is InChI=1S/C18H17N3O2/c22-17-14-6-1-2-7-15(14)18(23)21(17)12-20-10-4-8-16(20)13-5-3-9-19-11-13/h1-3,5-7,9,11,16H,4,8,10,12H2/t16-/m1/s1. The lowest BCUT2D eigenvalue weighted by atomic mass is 10.1. The molecule has 1 saturated heterocycles. The predicted octanol–water partition coefficient (Wildman–Crippen LogP) is 2.47. The minimum Gasteiger partial charge on any atom is -0.278 e. The Morgan fingerprint density at radius 1 is 1.04 bits per heavy atom. The summed E-state index contributed by atoms with van der Waals surface area (Å²) >= 11 is 0. The number of aromatic nitrogens is 1. The molecule has 1 aromatic heterocycles. The van der Waals surface area contributed by atoms with Gasteiger partial charge in [0.2, 0.25) is 0 Å². The van der Waals surface area contributed by atoms with Gasteiger partial charge in [-0.25, -0.2) is 0 Å². The first-order chi connectivity index (χ1) is 11.3. The van der Waals surface area contributed by atoms with Crippen molar-refractivity contribution in [3.63, 3.8) is 0 Å². The summed E-state index contributed by atoms with van der Waals surface area (Å²) in [5.74, 6) is -0.384. The number of carbonyl (C=O) groups is 2. The molecule has 2 amide bonds. The summed E-state index contributed by atoms with van der Waals surface area (Å²) in [6.07, 6.45) is 5.70. The van der Waals surface area contributed by atoms with Crippen LogP contribution in [0.5, 0.6) is 0 Å². The van der Waals surface area contributed by atoms with Crippen molar-refractivity contribution in [2.45, 2.75) is 18.9 Å². The lowest BCUT2D eigenvalue weighted by Crippen LogP contribution is -2.40. The topological polar surface area (TPSA) is 53.5 Å². The Morgan fingerprint density at radius 3 is 2.43 bits per heavy atom. The zero-order chi connectivity index (χ0) is 15.8. The molecule has 2 aliphatic heterocycles. The van der Waals surface area contributed by atoms with Crippen LogP contribution in [-0.2, 0) is 0 Å². The number of benzene rings is 1. The van der Waals surface area contributed by atoms with E-state index in [4.69, 9.17) is 0 Å². The van der Waals surface area contributed by atoms with E-state index in [1.165, 1.54) is 4.90 Å². The number of hydrogen-bond acceptors (Lipinski definition) is 4. The molecule has 3 heterocycles. The summed E-state index contributed by atoms with van der Waals surface area (Å²) in [5, 5.41) is 0. The molecule has 0 aliphatic carbocycles. The maximum atomic E-state index is 12.5. The lowest BCUT2D eigenvalue weighted by molar-refractivity contribution is 0.0526. The SMILES string of the molecule is O=C1c2ccccc2C(=O)N1CN1CCC[C@@H]1c1cccnc1. The first-order valence-corrected chi connectivity index (χ1v) is 7.85. The van der Waals surface area contributed by atoms with Crippen molar-refractivity contribution >= 4 is 11.8 Å². The number of fused-ring (bicyclic) bond motifs is 1. The molecule has 2 aliphatic rings. The van der Waals surface area contributed by atoms with E-state index in [0.717, 1.165) is 24.9 Å². The molecule has 0 bridgehead atoms. The largest absolute Gasteiger partial charge is 0.278 e. The minimum absolute atomic E-state index is 0.192. The first-order valence-electron chi connectivity index (χ1n) is 7.85. The number of likely N-dealkylation sites (tertiary alicyclic amines) is 1. The first kappa shape index (κ1) is 14.1. The Bertz CT molecular complexity index is 725. The average Bonchev–Trinajstić information content (AvgIpc) is 3.15. The number of hydrogen-bond donors (Lipinski definition) is 0. The fourth-order valence-corrected chi connectivity index (χ4v) is 3.50. The molecular formula is C18H17N3O2. The number of rotatable bonds is 3. The van der Waals surface area contributed by atoms with Gasteiger partial charge in [0.15, 0.2) is 0 Å². The highest BCUT2D eigenvalue weighted by Crippen LogP contribution is 2.33. The highest BCUT2D eigenvalue weighted by molar-refractivity contribution is 6.21. The monoisotopic (exact) mass is 307 g/mol. The molecule has 0 unspecified atom stereocenters. The Labute approximate surface area is 134 Å². The molecule has 0 radical (unpaired) electrons. The molecule has 0 saturated carbocycles. The molecule has 116 valence electrons. The van der Waals surface area contributed by atoms with Crippen LogP contribution in [0.15, 0.2) is 48.8 Å². The quantitative estimate of drug-likeness (QED) is 0.818. The Hall–Kier alpha value is -2.53. The van der Waals surface area contributed by atoms with Crippen molar-refractivity contribution in [2.75, 3.05) is 13.2 Å². The van der Waals surface area contributed by atoms with E-state index in [1.54, 1.807) is 30.5 Å².